The van der Waals surface area contributed by atoms with Gasteiger partial charge in [0.25, 0.3) is 0 Å². The Bertz CT molecular complexity index is 1190. The lowest BCUT2D eigenvalue weighted by Gasteiger charge is -2.33. The highest BCUT2D eigenvalue weighted by atomic mass is 32.2. The van der Waals surface area contributed by atoms with Crippen molar-refractivity contribution >= 4 is 27.5 Å². The van der Waals surface area contributed by atoms with E-state index >= 15 is 0 Å². The van der Waals surface area contributed by atoms with Crippen LogP contribution in [0.5, 0.6) is 17.2 Å². The molecule has 2 aromatic rings. The second-order valence-electron chi connectivity index (χ2n) is 9.59. The summed E-state index contributed by atoms with van der Waals surface area (Å²) < 4.78 is 42.4. The van der Waals surface area contributed by atoms with Crippen LogP contribution in [0.3, 0.4) is 0 Å². The Labute approximate surface area is 219 Å². The molecule has 0 spiro atoms. The molecule has 1 unspecified atom stereocenters. The predicted octanol–water partition coefficient (Wildman–Crippen LogP) is 2.81. The van der Waals surface area contributed by atoms with Crippen LogP contribution in [0.25, 0.3) is 0 Å². The Kier molecular flexibility index (Phi) is 9.80. The molecule has 0 heterocycles. The van der Waals surface area contributed by atoms with E-state index in [-0.39, 0.29) is 23.9 Å². The van der Waals surface area contributed by atoms with Crippen LogP contribution in [-0.4, -0.2) is 70.8 Å². The first-order chi connectivity index (χ1) is 17.2. The zero-order valence-corrected chi connectivity index (χ0v) is 23.5. The summed E-state index contributed by atoms with van der Waals surface area (Å²) in [5, 5.41) is 2.89. The van der Waals surface area contributed by atoms with Crippen molar-refractivity contribution in [3.63, 3.8) is 0 Å². The largest absolute Gasteiger partial charge is 0.497 e. The maximum absolute atomic E-state index is 13.7. The van der Waals surface area contributed by atoms with Gasteiger partial charge in [-0.2, -0.15) is 0 Å². The van der Waals surface area contributed by atoms with E-state index in [4.69, 9.17) is 14.2 Å². The first-order valence-electron chi connectivity index (χ1n) is 11.6. The number of methoxy groups -OCH3 is 3. The number of nitrogens with zero attached hydrogens (tertiary/aromatic N) is 2. The van der Waals surface area contributed by atoms with Gasteiger partial charge in [-0.25, -0.2) is 8.42 Å². The first kappa shape index (κ1) is 29.8. The zero-order valence-electron chi connectivity index (χ0n) is 22.7. The predicted molar refractivity (Wildman–Crippen MR) is 143 cm³/mol. The number of rotatable bonds is 11. The van der Waals surface area contributed by atoms with Gasteiger partial charge < -0.3 is 24.4 Å². The third-order valence-corrected chi connectivity index (χ3v) is 6.64. The molecular formula is C26H37N3O7S. The third-order valence-electron chi connectivity index (χ3n) is 5.51. The van der Waals surface area contributed by atoms with Gasteiger partial charge in [0.1, 0.15) is 29.8 Å². The minimum Gasteiger partial charge on any atom is -0.497 e. The number of hydrogen-bond donors (Lipinski definition) is 1. The van der Waals surface area contributed by atoms with Crippen molar-refractivity contribution in [2.75, 3.05) is 38.4 Å². The number of carbonyl (C=O) groups excluding carboxylic acids is 2. The average molecular weight is 536 g/mol. The summed E-state index contributed by atoms with van der Waals surface area (Å²) in [4.78, 5) is 28.1. The van der Waals surface area contributed by atoms with Crippen molar-refractivity contribution < 1.29 is 32.2 Å². The molecule has 2 amide bonds. The highest BCUT2D eigenvalue weighted by Crippen LogP contribution is 2.33. The Hall–Kier alpha value is -3.47. The molecule has 0 aromatic heterocycles. The Morgan fingerprint density at radius 2 is 1.51 bits per heavy atom. The Balaban J connectivity index is 2.47. The second kappa shape index (κ2) is 12.2. The molecule has 0 aliphatic rings. The highest BCUT2D eigenvalue weighted by molar-refractivity contribution is 7.92. The van der Waals surface area contributed by atoms with Crippen molar-refractivity contribution in [1.82, 2.24) is 10.2 Å². The lowest BCUT2D eigenvalue weighted by Crippen LogP contribution is -2.54. The summed E-state index contributed by atoms with van der Waals surface area (Å²) in [5.41, 5.74) is 0.405. The fraction of sp³-hybridized carbons (Fsp3) is 0.462. The average Bonchev–Trinajstić information content (AvgIpc) is 2.83. The molecule has 0 bridgehead atoms. The summed E-state index contributed by atoms with van der Waals surface area (Å²) >= 11 is 0. The molecule has 1 atom stereocenters. The smallest absolute Gasteiger partial charge is 0.244 e. The molecule has 2 rings (SSSR count). The highest BCUT2D eigenvalue weighted by Gasteiger charge is 2.32. The standard InChI is InChI=1S/C26H37N3O7S/c1-18(25(31)27-26(2,3)4)28(16-19-9-11-20(34-5)12-10-19)24(30)17-29(37(8,32)33)22-14-13-21(35-6)15-23(22)36-7/h9-15,18H,16-17H2,1-8H3,(H,27,31). The number of amides is 2. The molecule has 0 aliphatic carbocycles. The fourth-order valence-corrected chi connectivity index (χ4v) is 4.42. The summed E-state index contributed by atoms with van der Waals surface area (Å²) in [7, 11) is 0.523. The number of sulfonamides is 1. The summed E-state index contributed by atoms with van der Waals surface area (Å²) in [6, 6.07) is 10.8. The molecule has 11 heteroatoms. The summed E-state index contributed by atoms with van der Waals surface area (Å²) in [6.45, 7) is 6.68. The van der Waals surface area contributed by atoms with Crippen LogP contribution < -0.4 is 23.8 Å². The van der Waals surface area contributed by atoms with E-state index < -0.39 is 34.1 Å². The summed E-state index contributed by atoms with van der Waals surface area (Å²) in [5.74, 6) is 0.416. The van der Waals surface area contributed by atoms with Crippen LogP contribution in [-0.2, 0) is 26.2 Å². The van der Waals surface area contributed by atoms with Gasteiger partial charge >= 0.3 is 0 Å². The van der Waals surface area contributed by atoms with Gasteiger partial charge in [0.15, 0.2) is 0 Å². The van der Waals surface area contributed by atoms with Crippen LogP contribution in [0.15, 0.2) is 42.5 Å². The monoisotopic (exact) mass is 535 g/mol. The molecule has 37 heavy (non-hydrogen) atoms. The topological polar surface area (TPSA) is 114 Å². The minimum absolute atomic E-state index is 0.0822. The molecule has 204 valence electrons. The lowest BCUT2D eigenvalue weighted by molar-refractivity contribution is -0.140. The van der Waals surface area contributed by atoms with Gasteiger partial charge in [0, 0.05) is 18.2 Å². The summed E-state index contributed by atoms with van der Waals surface area (Å²) in [6.07, 6.45) is 1.01. The molecule has 0 saturated heterocycles. The van der Waals surface area contributed by atoms with E-state index in [0.717, 1.165) is 16.1 Å². The molecule has 0 radical (unpaired) electrons. The Morgan fingerprint density at radius 3 is 2.00 bits per heavy atom. The third kappa shape index (κ3) is 8.28. The number of benzene rings is 2. The van der Waals surface area contributed by atoms with Crippen molar-refractivity contribution in [1.29, 1.82) is 0 Å². The number of nitrogens with one attached hydrogen (secondary N) is 1. The maximum atomic E-state index is 13.7. The van der Waals surface area contributed by atoms with E-state index in [1.165, 1.54) is 31.3 Å². The molecule has 1 N–H and O–H groups in total. The van der Waals surface area contributed by atoms with E-state index in [2.05, 4.69) is 5.32 Å². The molecule has 0 fully saturated rings. The van der Waals surface area contributed by atoms with Gasteiger partial charge in [0.2, 0.25) is 21.8 Å². The van der Waals surface area contributed by atoms with E-state index in [1.54, 1.807) is 44.4 Å². The number of anilines is 1. The minimum atomic E-state index is -3.91. The Morgan fingerprint density at radius 1 is 0.946 bits per heavy atom. The van der Waals surface area contributed by atoms with Gasteiger partial charge in [-0.15, -0.1) is 0 Å². The lowest BCUT2D eigenvalue weighted by atomic mass is 10.1. The zero-order chi connectivity index (χ0) is 28.0. The van der Waals surface area contributed by atoms with Crippen LogP contribution in [0, 0.1) is 0 Å². The van der Waals surface area contributed by atoms with Gasteiger partial charge in [-0.3, -0.25) is 13.9 Å². The van der Waals surface area contributed by atoms with Gasteiger partial charge in [-0.05, 0) is 57.5 Å². The van der Waals surface area contributed by atoms with Crippen LogP contribution in [0.2, 0.25) is 0 Å². The molecular weight excluding hydrogens is 498 g/mol. The number of hydrogen-bond acceptors (Lipinski definition) is 7. The number of ether oxygens (including phenoxy) is 3. The second-order valence-corrected chi connectivity index (χ2v) is 11.5. The quantitative estimate of drug-likeness (QED) is 0.471. The van der Waals surface area contributed by atoms with Gasteiger partial charge in [0.05, 0.1) is 33.3 Å². The molecule has 0 saturated carbocycles. The maximum Gasteiger partial charge on any atom is 0.244 e. The fourth-order valence-electron chi connectivity index (χ4n) is 3.57. The molecule has 0 aliphatic heterocycles. The normalized spacial score (nSPS) is 12.3. The molecule has 10 nitrogen and oxygen atoms in total. The van der Waals surface area contributed by atoms with E-state index in [9.17, 15) is 18.0 Å². The number of carbonyl (C=O) groups is 2. The molecule has 2 aromatic carbocycles. The van der Waals surface area contributed by atoms with Crippen molar-refractivity contribution in [3.8, 4) is 17.2 Å². The van der Waals surface area contributed by atoms with Crippen LogP contribution >= 0.6 is 0 Å². The van der Waals surface area contributed by atoms with Crippen molar-refractivity contribution in [2.45, 2.75) is 45.8 Å². The van der Waals surface area contributed by atoms with Crippen LogP contribution in [0.4, 0.5) is 5.69 Å². The van der Waals surface area contributed by atoms with Crippen molar-refractivity contribution in [3.05, 3.63) is 48.0 Å². The SMILES string of the molecule is COc1ccc(CN(C(=O)CN(c2ccc(OC)cc2OC)S(C)(=O)=O)C(C)C(=O)NC(C)(C)C)cc1. The van der Waals surface area contributed by atoms with E-state index in [1.807, 2.05) is 20.8 Å². The van der Waals surface area contributed by atoms with Crippen molar-refractivity contribution in [2.24, 2.45) is 0 Å². The van der Waals surface area contributed by atoms with Crippen LogP contribution in [0.1, 0.15) is 33.3 Å². The van der Waals surface area contributed by atoms with Gasteiger partial charge in [-0.1, -0.05) is 12.1 Å². The van der Waals surface area contributed by atoms with E-state index in [0.29, 0.717) is 11.5 Å². The first-order valence-corrected chi connectivity index (χ1v) is 13.5.